The number of amides is 1. The van der Waals surface area contributed by atoms with Crippen LogP contribution in [0.1, 0.15) is 29.7 Å². The maximum Gasteiger partial charge on any atom is 0.296 e. The fourth-order valence-electron chi connectivity index (χ4n) is 4.12. The largest absolute Gasteiger partial charge is 0.503 e. The Bertz CT molecular complexity index is 1490. The van der Waals surface area contributed by atoms with Crippen molar-refractivity contribution in [3.63, 3.8) is 0 Å². The summed E-state index contributed by atoms with van der Waals surface area (Å²) >= 11 is 7.43. The van der Waals surface area contributed by atoms with Crippen LogP contribution in [0, 0.1) is 0 Å². The number of aliphatic hydroxyl groups is 1. The number of anilines is 1. The molecule has 1 aromatic heterocycles. The summed E-state index contributed by atoms with van der Waals surface area (Å²) in [5, 5.41) is 11.8. The highest BCUT2D eigenvalue weighted by Crippen LogP contribution is 2.43. The summed E-state index contributed by atoms with van der Waals surface area (Å²) in [6, 6.07) is 21.6. The van der Waals surface area contributed by atoms with Crippen molar-refractivity contribution >= 4 is 56.1 Å². The van der Waals surface area contributed by atoms with Gasteiger partial charge in [-0.2, -0.15) is 0 Å². The lowest BCUT2D eigenvalue weighted by Gasteiger charge is -2.24. The lowest BCUT2D eigenvalue weighted by Crippen LogP contribution is -2.30. The number of rotatable bonds is 6. The zero-order valence-electron chi connectivity index (χ0n) is 18.8. The molecule has 5 nitrogen and oxygen atoms in total. The fraction of sp³-hybridized carbons (Fsp3) is 0.107. The van der Waals surface area contributed by atoms with Crippen LogP contribution in [0.5, 0.6) is 0 Å². The Morgan fingerprint density at radius 2 is 1.86 bits per heavy atom. The predicted octanol–water partition coefficient (Wildman–Crippen LogP) is 6.69. The van der Waals surface area contributed by atoms with Gasteiger partial charge in [-0.3, -0.25) is 14.5 Å². The smallest absolute Gasteiger partial charge is 0.296 e. The number of aliphatic hydroxyl groups excluding tert-OH is 1. The molecule has 1 aliphatic heterocycles. The van der Waals surface area contributed by atoms with Gasteiger partial charge in [0.05, 0.1) is 21.8 Å². The summed E-state index contributed by atoms with van der Waals surface area (Å²) in [6.45, 7) is 2.06. The first kappa shape index (κ1) is 23.0. The van der Waals surface area contributed by atoms with Crippen molar-refractivity contribution in [1.29, 1.82) is 0 Å². The minimum absolute atomic E-state index is 0.0312. The van der Waals surface area contributed by atoms with Gasteiger partial charge in [-0.05, 0) is 47.4 Å². The summed E-state index contributed by atoms with van der Waals surface area (Å²) in [7, 11) is 0. The van der Waals surface area contributed by atoms with Gasteiger partial charge in [0, 0.05) is 5.02 Å². The van der Waals surface area contributed by atoms with E-state index in [-0.39, 0.29) is 5.57 Å². The molecule has 1 unspecified atom stereocenters. The molecule has 5 rings (SSSR count). The molecule has 0 saturated carbocycles. The molecule has 4 aromatic rings. The van der Waals surface area contributed by atoms with Gasteiger partial charge in [-0.15, -0.1) is 0 Å². The van der Waals surface area contributed by atoms with Crippen molar-refractivity contribution in [1.82, 2.24) is 4.98 Å². The molecule has 0 radical (unpaired) electrons. The van der Waals surface area contributed by atoms with Gasteiger partial charge in [0.15, 0.2) is 16.7 Å². The number of carbonyl (C=O) groups excluding carboxylic acids is 2. The number of aryl methyl sites for hydroxylation is 1. The average Bonchev–Trinajstić information content (AvgIpc) is 3.41. The number of carbonyl (C=O) groups is 2. The van der Waals surface area contributed by atoms with Crippen LogP contribution in [0.3, 0.4) is 0 Å². The van der Waals surface area contributed by atoms with Crippen molar-refractivity contribution < 1.29 is 14.7 Å². The molecule has 1 aliphatic rings. The van der Waals surface area contributed by atoms with Crippen LogP contribution in [0.4, 0.5) is 5.13 Å². The van der Waals surface area contributed by atoms with Crippen molar-refractivity contribution in [3.8, 4) is 0 Å². The Morgan fingerprint density at radius 1 is 1.11 bits per heavy atom. The maximum absolute atomic E-state index is 13.4. The third-order valence-electron chi connectivity index (χ3n) is 5.95. The molecule has 2 heterocycles. The molecular formula is C28H21ClN2O3S. The van der Waals surface area contributed by atoms with E-state index < -0.39 is 23.5 Å². The van der Waals surface area contributed by atoms with Crippen molar-refractivity contribution in [2.75, 3.05) is 4.90 Å². The Kier molecular flexibility index (Phi) is 6.24. The number of aromatic nitrogens is 1. The summed E-state index contributed by atoms with van der Waals surface area (Å²) in [5.74, 6) is -1.65. The van der Waals surface area contributed by atoms with Crippen molar-refractivity contribution in [2.45, 2.75) is 19.4 Å². The van der Waals surface area contributed by atoms with E-state index in [1.54, 1.807) is 24.3 Å². The molecular weight excluding hydrogens is 480 g/mol. The second kappa shape index (κ2) is 9.49. The van der Waals surface area contributed by atoms with Crippen molar-refractivity contribution in [2.24, 2.45) is 0 Å². The number of thiazole rings is 1. The molecule has 1 atom stereocenters. The Hall–Kier alpha value is -3.74. The standard InChI is InChI=1S/C28H21ClN2O3S/c1-2-17-8-11-19(12-9-17)25-24(22(32)15-10-18-6-4-3-5-7-18)26(33)27(34)31(25)28-30-21-14-13-20(29)16-23(21)35-28/h3-16,25,33H,2H2,1H3/b15-10+. The van der Waals surface area contributed by atoms with E-state index in [0.29, 0.717) is 21.2 Å². The molecule has 0 aliphatic carbocycles. The van der Waals surface area contributed by atoms with E-state index in [0.717, 1.165) is 22.2 Å². The number of halogens is 1. The minimum atomic E-state index is -0.808. The van der Waals surface area contributed by atoms with Gasteiger partial charge >= 0.3 is 0 Å². The van der Waals surface area contributed by atoms with Gasteiger partial charge in [0.25, 0.3) is 5.91 Å². The van der Waals surface area contributed by atoms with Crippen LogP contribution in [-0.2, 0) is 16.0 Å². The fourth-order valence-corrected chi connectivity index (χ4v) is 5.39. The first-order valence-electron chi connectivity index (χ1n) is 11.2. The molecule has 7 heteroatoms. The number of ketones is 1. The summed E-state index contributed by atoms with van der Waals surface area (Å²) in [5.41, 5.74) is 3.40. The van der Waals surface area contributed by atoms with Gasteiger partial charge in [-0.1, -0.05) is 90.5 Å². The van der Waals surface area contributed by atoms with Crippen LogP contribution in [-0.4, -0.2) is 21.8 Å². The van der Waals surface area contributed by atoms with Gasteiger partial charge < -0.3 is 5.11 Å². The first-order valence-corrected chi connectivity index (χ1v) is 12.3. The predicted molar refractivity (Wildman–Crippen MR) is 141 cm³/mol. The van der Waals surface area contributed by atoms with Gasteiger partial charge in [-0.25, -0.2) is 4.98 Å². The number of fused-ring (bicyclic) bond motifs is 1. The molecule has 174 valence electrons. The molecule has 1 N–H and O–H groups in total. The Labute approximate surface area is 211 Å². The van der Waals surface area contributed by atoms with E-state index in [1.807, 2.05) is 54.6 Å². The Balaban J connectivity index is 1.60. The van der Waals surface area contributed by atoms with E-state index in [4.69, 9.17) is 11.6 Å². The average molecular weight is 501 g/mol. The Morgan fingerprint density at radius 3 is 2.57 bits per heavy atom. The van der Waals surface area contributed by atoms with E-state index in [1.165, 1.54) is 22.3 Å². The normalized spacial score (nSPS) is 16.1. The van der Waals surface area contributed by atoms with Crippen LogP contribution in [0.2, 0.25) is 5.02 Å². The van der Waals surface area contributed by atoms with Crippen LogP contribution in [0.15, 0.2) is 90.2 Å². The van der Waals surface area contributed by atoms with Gasteiger partial charge in [0.1, 0.15) is 0 Å². The highest BCUT2D eigenvalue weighted by Gasteiger charge is 2.45. The topological polar surface area (TPSA) is 70.5 Å². The van der Waals surface area contributed by atoms with E-state index >= 15 is 0 Å². The van der Waals surface area contributed by atoms with E-state index in [9.17, 15) is 14.7 Å². The van der Waals surface area contributed by atoms with Gasteiger partial charge in [0.2, 0.25) is 0 Å². The SMILES string of the molecule is CCc1ccc(C2C(C(=O)/C=C/c3ccccc3)=C(O)C(=O)N2c2nc3ccc(Cl)cc3s2)cc1. The number of allylic oxidation sites excluding steroid dienone is 1. The van der Waals surface area contributed by atoms with E-state index in [2.05, 4.69) is 11.9 Å². The lowest BCUT2D eigenvalue weighted by atomic mass is 9.95. The third kappa shape index (κ3) is 4.38. The third-order valence-corrected chi connectivity index (χ3v) is 7.20. The summed E-state index contributed by atoms with van der Waals surface area (Å²) in [4.78, 5) is 32.7. The molecule has 0 fully saturated rings. The first-order chi connectivity index (χ1) is 17.0. The number of hydrogen-bond acceptors (Lipinski definition) is 5. The zero-order chi connectivity index (χ0) is 24.5. The molecule has 35 heavy (non-hydrogen) atoms. The number of benzene rings is 3. The highest BCUT2D eigenvalue weighted by molar-refractivity contribution is 7.22. The summed E-state index contributed by atoms with van der Waals surface area (Å²) in [6.07, 6.45) is 3.93. The van der Waals surface area contributed by atoms with Crippen LogP contribution in [0.25, 0.3) is 16.3 Å². The zero-order valence-corrected chi connectivity index (χ0v) is 20.4. The number of nitrogens with zero attached hydrogens (tertiary/aromatic N) is 2. The maximum atomic E-state index is 13.4. The quantitative estimate of drug-likeness (QED) is 0.299. The second-order valence-corrected chi connectivity index (χ2v) is 9.60. The monoisotopic (exact) mass is 500 g/mol. The van der Waals surface area contributed by atoms with Crippen LogP contribution >= 0.6 is 22.9 Å². The molecule has 0 saturated heterocycles. The lowest BCUT2D eigenvalue weighted by molar-refractivity contribution is -0.117. The highest BCUT2D eigenvalue weighted by atomic mass is 35.5. The second-order valence-electron chi connectivity index (χ2n) is 8.15. The van der Waals surface area contributed by atoms with Crippen LogP contribution < -0.4 is 4.90 Å². The summed E-state index contributed by atoms with van der Waals surface area (Å²) < 4.78 is 0.809. The number of hydrogen-bond donors (Lipinski definition) is 1. The molecule has 0 spiro atoms. The molecule has 0 bridgehead atoms. The minimum Gasteiger partial charge on any atom is -0.503 e. The van der Waals surface area contributed by atoms with Crippen molar-refractivity contribution in [3.05, 3.63) is 112 Å². The molecule has 3 aromatic carbocycles. The molecule has 1 amide bonds.